The Kier molecular flexibility index (Phi) is 9.20. The molecule has 0 aromatic rings. The van der Waals surface area contributed by atoms with Gasteiger partial charge in [0.25, 0.3) is 0 Å². The van der Waals surface area contributed by atoms with Crippen LogP contribution in [-0.2, 0) is 0 Å². The van der Waals surface area contributed by atoms with Crippen LogP contribution in [0.1, 0.15) is 98.3 Å². The molecule has 39 heavy (non-hydrogen) atoms. The van der Waals surface area contributed by atoms with Gasteiger partial charge >= 0.3 is 6.03 Å². The number of aliphatic hydroxyl groups excluding tert-OH is 3. The Morgan fingerprint density at radius 3 is 2.49 bits per heavy atom. The van der Waals surface area contributed by atoms with Crippen molar-refractivity contribution in [2.75, 3.05) is 19.6 Å². The van der Waals surface area contributed by atoms with Gasteiger partial charge in [-0.15, -0.1) is 0 Å². The Labute approximate surface area is 240 Å². The highest BCUT2D eigenvalue weighted by Gasteiger charge is 2.67. The van der Waals surface area contributed by atoms with Crippen LogP contribution in [0.2, 0.25) is 0 Å². The smallest absolute Gasteiger partial charge is 0.325 e. The molecule has 0 spiro atoms. The third kappa shape index (κ3) is 5.39. The van der Waals surface area contributed by atoms with Gasteiger partial charge in [0, 0.05) is 31.8 Å². The minimum atomic E-state index is -0.370. The summed E-state index contributed by atoms with van der Waals surface area (Å²) in [6.07, 6.45) is 10.1. The van der Waals surface area contributed by atoms with Crippen LogP contribution in [0.5, 0.6) is 0 Å². The molecule has 0 radical (unpaired) electrons. The number of rotatable bonds is 7. The lowest BCUT2D eigenvalue weighted by Crippen LogP contribution is -2.65. The summed E-state index contributed by atoms with van der Waals surface area (Å²) in [6, 6.07) is -0.120. The molecule has 8 heteroatoms. The number of aliphatic hydroxyl groups is 3. The van der Waals surface area contributed by atoms with Crippen molar-refractivity contribution in [2.24, 2.45) is 52.3 Å². The molecule has 1 heterocycles. The number of carbonyl (C=O) groups excluding carboxylic acids is 1. The number of nitrogens with zero attached hydrogens (tertiary/aromatic N) is 1. The standard InChI is InChI=1S/C31H55N3O4S/c1-5-21-24-17-20(35)11-13-30(24,3)25-18-26(36)31(4)22(9-10-23(31)27(25)28(21)37)19(2)12-14-32-29(38)33-39-34-15-7-6-8-16-34/h19-28,35-37H,5-18H2,1-4H3,(H2,32,33,38)/t19-,20-,21-,22-,23+,24+,25+,26+,27+,28-,30+,31-/m1/s1. The molecule has 4 aliphatic carbocycles. The molecule has 2 amide bonds. The van der Waals surface area contributed by atoms with Crippen LogP contribution in [0.4, 0.5) is 4.79 Å². The van der Waals surface area contributed by atoms with E-state index in [1.54, 1.807) is 0 Å². The molecule has 5 aliphatic rings. The van der Waals surface area contributed by atoms with E-state index in [-0.39, 0.29) is 47.0 Å². The second kappa shape index (κ2) is 12.0. The molecule has 12 atom stereocenters. The van der Waals surface area contributed by atoms with E-state index in [0.29, 0.717) is 36.1 Å². The van der Waals surface area contributed by atoms with Crippen LogP contribution in [0.3, 0.4) is 0 Å². The zero-order valence-electron chi connectivity index (χ0n) is 24.8. The first-order chi connectivity index (χ1) is 18.6. The fraction of sp³-hybridized carbons (Fsp3) is 0.968. The molecule has 224 valence electrons. The van der Waals surface area contributed by atoms with Crippen LogP contribution in [-0.4, -0.2) is 63.6 Å². The summed E-state index contributed by atoms with van der Waals surface area (Å²) in [5.41, 5.74) is -0.122. The summed E-state index contributed by atoms with van der Waals surface area (Å²) < 4.78 is 5.17. The van der Waals surface area contributed by atoms with Crippen molar-refractivity contribution < 1.29 is 20.1 Å². The van der Waals surface area contributed by atoms with E-state index < -0.39 is 0 Å². The molecule has 5 rings (SSSR count). The summed E-state index contributed by atoms with van der Waals surface area (Å²) in [6.45, 7) is 11.9. The van der Waals surface area contributed by atoms with Crippen molar-refractivity contribution in [3.63, 3.8) is 0 Å². The second-order valence-corrected chi connectivity index (χ2v) is 15.3. The minimum absolute atomic E-state index is 0.0826. The highest BCUT2D eigenvalue weighted by molar-refractivity contribution is 7.95. The summed E-state index contributed by atoms with van der Waals surface area (Å²) in [5.74, 6) is 2.21. The number of piperidine rings is 1. The number of amides is 2. The van der Waals surface area contributed by atoms with Gasteiger partial charge in [-0.2, -0.15) is 0 Å². The Balaban J connectivity index is 1.22. The summed E-state index contributed by atoms with van der Waals surface area (Å²) >= 11 is 1.43. The summed E-state index contributed by atoms with van der Waals surface area (Å²) in [5, 5.41) is 37.3. The van der Waals surface area contributed by atoms with E-state index in [4.69, 9.17) is 0 Å². The van der Waals surface area contributed by atoms with Crippen LogP contribution in [0.15, 0.2) is 0 Å². The minimum Gasteiger partial charge on any atom is -0.393 e. The van der Waals surface area contributed by atoms with Gasteiger partial charge in [0.2, 0.25) is 0 Å². The normalized spacial score (nSPS) is 47.0. The first-order valence-corrected chi connectivity index (χ1v) is 16.9. The molecular formula is C31H55N3O4S. The van der Waals surface area contributed by atoms with Crippen molar-refractivity contribution in [1.29, 1.82) is 0 Å². The van der Waals surface area contributed by atoms with E-state index >= 15 is 0 Å². The van der Waals surface area contributed by atoms with Crippen molar-refractivity contribution in [3.05, 3.63) is 0 Å². The Morgan fingerprint density at radius 2 is 1.77 bits per heavy atom. The Morgan fingerprint density at radius 1 is 1.03 bits per heavy atom. The highest BCUT2D eigenvalue weighted by atomic mass is 32.2. The monoisotopic (exact) mass is 565 g/mol. The molecule has 7 nitrogen and oxygen atoms in total. The number of carbonyl (C=O) groups is 1. The molecule has 0 aromatic heterocycles. The van der Waals surface area contributed by atoms with Crippen LogP contribution in [0.25, 0.3) is 0 Å². The molecule has 1 saturated heterocycles. The Bertz CT molecular complexity index is 858. The molecule has 0 unspecified atom stereocenters. The Hall–Kier alpha value is -0.540. The van der Waals surface area contributed by atoms with Gasteiger partial charge in [0.1, 0.15) is 0 Å². The number of hydrogen-bond donors (Lipinski definition) is 5. The maximum absolute atomic E-state index is 12.4. The lowest BCUT2D eigenvalue weighted by Gasteiger charge is -2.65. The number of urea groups is 1. The summed E-state index contributed by atoms with van der Waals surface area (Å²) in [7, 11) is 0. The summed E-state index contributed by atoms with van der Waals surface area (Å²) in [4.78, 5) is 12.4. The highest BCUT2D eigenvalue weighted by Crippen LogP contribution is 2.69. The molecule has 0 bridgehead atoms. The van der Waals surface area contributed by atoms with Crippen molar-refractivity contribution in [3.8, 4) is 0 Å². The van der Waals surface area contributed by atoms with E-state index in [2.05, 4.69) is 42.0 Å². The van der Waals surface area contributed by atoms with Gasteiger partial charge in [-0.25, -0.2) is 9.10 Å². The van der Waals surface area contributed by atoms with Gasteiger partial charge in [-0.3, -0.25) is 4.72 Å². The van der Waals surface area contributed by atoms with Gasteiger partial charge in [-0.1, -0.05) is 40.5 Å². The average Bonchev–Trinajstić information content (AvgIpc) is 3.28. The maximum atomic E-state index is 12.4. The van der Waals surface area contributed by atoms with Crippen molar-refractivity contribution in [2.45, 2.75) is 117 Å². The quantitative estimate of drug-likeness (QED) is 0.280. The van der Waals surface area contributed by atoms with Crippen LogP contribution in [0, 0.1) is 52.3 Å². The van der Waals surface area contributed by atoms with E-state index in [1.807, 2.05) is 0 Å². The molecule has 1 aliphatic heterocycles. The first kappa shape index (κ1) is 29.9. The van der Waals surface area contributed by atoms with Crippen molar-refractivity contribution >= 4 is 18.2 Å². The number of fused-ring (bicyclic) bond motifs is 5. The van der Waals surface area contributed by atoms with Gasteiger partial charge < -0.3 is 20.6 Å². The van der Waals surface area contributed by atoms with E-state index in [9.17, 15) is 20.1 Å². The number of nitrogens with one attached hydrogen (secondary N) is 2. The van der Waals surface area contributed by atoms with Gasteiger partial charge in [0.05, 0.1) is 18.3 Å². The van der Waals surface area contributed by atoms with Gasteiger partial charge in [-0.05, 0) is 110 Å². The maximum Gasteiger partial charge on any atom is 0.325 e. The lowest BCUT2D eigenvalue weighted by atomic mass is 9.41. The fourth-order valence-corrected chi connectivity index (χ4v) is 11.3. The third-order valence-corrected chi connectivity index (χ3v) is 13.6. The van der Waals surface area contributed by atoms with E-state index in [0.717, 1.165) is 64.5 Å². The third-order valence-electron chi connectivity index (χ3n) is 12.7. The zero-order valence-corrected chi connectivity index (χ0v) is 25.6. The number of hydrogen-bond acceptors (Lipinski definition) is 6. The SMILES string of the molecule is CC[C@H]1[C@@H](O)[C@@H]2[C@H](C[C@H](O)[C@]3(C)[C@@H]([C@H](C)CCNC(=O)NSN4CCCCC4)CC[C@@H]23)[C@@]2(C)CC[C@@H](O)C[C@@H]12. The van der Waals surface area contributed by atoms with Crippen LogP contribution >= 0.6 is 12.1 Å². The first-order valence-electron chi connectivity index (χ1n) is 16.1. The molecule has 4 saturated carbocycles. The average molecular weight is 566 g/mol. The van der Waals surface area contributed by atoms with Crippen LogP contribution < -0.4 is 10.0 Å². The second-order valence-electron chi connectivity index (χ2n) is 14.4. The lowest BCUT2D eigenvalue weighted by molar-refractivity contribution is -0.228. The molecule has 0 aromatic carbocycles. The molecular weight excluding hydrogens is 510 g/mol. The topological polar surface area (TPSA) is 105 Å². The fourth-order valence-electron chi connectivity index (χ4n) is 10.6. The van der Waals surface area contributed by atoms with Gasteiger partial charge in [0.15, 0.2) is 0 Å². The van der Waals surface area contributed by atoms with Crippen molar-refractivity contribution in [1.82, 2.24) is 14.3 Å². The zero-order chi connectivity index (χ0) is 27.9. The predicted molar refractivity (Wildman–Crippen MR) is 156 cm³/mol. The molecule has 5 N–H and O–H groups in total. The predicted octanol–water partition coefficient (Wildman–Crippen LogP) is 4.96. The molecule has 5 fully saturated rings. The van der Waals surface area contributed by atoms with E-state index in [1.165, 1.54) is 31.4 Å². The largest absolute Gasteiger partial charge is 0.393 e.